The molecule has 3 unspecified atom stereocenters. The molecule has 0 bridgehead atoms. The minimum atomic E-state index is 0.151. The molecule has 3 atom stereocenters. The number of rotatable bonds is 2. The van der Waals surface area contributed by atoms with Gasteiger partial charge in [0.05, 0.1) is 0 Å². The van der Waals surface area contributed by atoms with Crippen molar-refractivity contribution >= 4 is 17.5 Å². The Morgan fingerprint density at radius 1 is 1.53 bits per heavy atom. The number of hydrogen-bond donors (Lipinski definition) is 1. The Bertz CT molecular complexity index is 404. The van der Waals surface area contributed by atoms with Gasteiger partial charge in [-0.15, -0.1) is 0 Å². The van der Waals surface area contributed by atoms with Crippen molar-refractivity contribution in [1.29, 1.82) is 0 Å². The van der Waals surface area contributed by atoms with Gasteiger partial charge in [-0.3, -0.25) is 4.79 Å². The smallest absolute Gasteiger partial charge is 0.224 e. The number of nitrogens with zero attached hydrogens (tertiary/aromatic N) is 1. The van der Waals surface area contributed by atoms with Crippen molar-refractivity contribution < 1.29 is 4.79 Å². The second-order valence-electron chi connectivity index (χ2n) is 4.31. The van der Waals surface area contributed by atoms with Crippen molar-refractivity contribution in [2.24, 2.45) is 11.8 Å². The first-order valence-electron chi connectivity index (χ1n) is 5.15. The van der Waals surface area contributed by atoms with E-state index in [4.69, 9.17) is 11.6 Å². The van der Waals surface area contributed by atoms with Gasteiger partial charge in [-0.2, -0.15) is 0 Å². The molecule has 0 aromatic carbocycles. The molecule has 15 heavy (non-hydrogen) atoms. The highest BCUT2D eigenvalue weighted by molar-refractivity contribution is 6.29. The van der Waals surface area contributed by atoms with E-state index in [1.807, 2.05) is 6.07 Å². The summed E-state index contributed by atoms with van der Waals surface area (Å²) in [5.41, 5.74) is 1.09. The maximum atomic E-state index is 11.5. The van der Waals surface area contributed by atoms with E-state index in [1.54, 1.807) is 12.3 Å². The van der Waals surface area contributed by atoms with Crippen molar-refractivity contribution in [2.75, 3.05) is 0 Å². The van der Waals surface area contributed by atoms with Gasteiger partial charge in [0.1, 0.15) is 5.15 Å². The van der Waals surface area contributed by atoms with Crippen molar-refractivity contribution in [2.45, 2.75) is 18.9 Å². The first-order valence-corrected chi connectivity index (χ1v) is 5.52. The lowest BCUT2D eigenvalue weighted by molar-refractivity contribution is -0.123. The molecule has 1 saturated heterocycles. The molecule has 1 amide bonds. The van der Waals surface area contributed by atoms with Gasteiger partial charge in [0.15, 0.2) is 0 Å². The molecule has 1 aliphatic carbocycles. The summed E-state index contributed by atoms with van der Waals surface area (Å²) in [7, 11) is 0. The van der Waals surface area contributed by atoms with E-state index in [-0.39, 0.29) is 11.8 Å². The largest absolute Gasteiger partial charge is 0.353 e. The standard InChI is InChI=1S/C11H11ClN2O/c12-10-2-1-6(5-13-10)3-8-7-4-9(7)14-11(8)15/h1-2,5,7-9H,3-4H2,(H,14,15). The molecular formula is C11H11ClN2O. The molecular weight excluding hydrogens is 212 g/mol. The van der Waals surface area contributed by atoms with E-state index in [9.17, 15) is 4.79 Å². The number of carbonyl (C=O) groups excluding carboxylic acids is 1. The minimum absolute atomic E-state index is 0.151. The topological polar surface area (TPSA) is 42.0 Å². The third kappa shape index (κ3) is 1.61. The fourth-order valence-electron chi connectivity index (χ4n) is 2.33. The normalized spacial score (nSPS) is 32.3. The van der Waals surface area contributed by atoms with Crippen LogP contribution in [0.1, 0.15) is 12.0 Å². The number of carbonyl (C=O) groups is 1. The van der Waals surface area contributed by atoms with Gasteiger partial charge in [-0.25, -0.2) is 4.98 Å². The van der Waals surface area contributed by atoms with Gasteiger partial charge in [0, 0.05) is 18.2 Å². The lowest BCUT2D eigenvalue weighted by Crippen LogP contribution is -2.25. The zero-order chi connectivity index (χ0) is 10.4. The predicted octanol–water partition coefficient (Wildman–Crippen LogP) is 1.41. The summed E-state index contributed by atoms with van der Waals surface area (Å²) in [5.74, 6) is 0.914. The number of fused-ring (bicyclic) bond motifs is 1. The SMILES string of the molecule is O=C1NC2CC2C1Cc1ccc(Cl)nc1. The van der Waals surface area contributed by atoms with Gasteiger partial charge >= 0.3 is 0 Å². The van der Waals surface area contributed by atoms with Crippen LogP contribution in [0.4, 0.5) is 0 Å². The summed E-state index contributed by atoms with van der Waals surface area (Å²) in [5, 5.41) is 3.49. The molecule has 0 radical (unpaired) electrons. The van der Waals surface area contributed by atoms with Crippen molar-refractivity contribution in [3.63, 3.8) is 0 Å². The molecule has 2 fully saturated rings. The first-order chi connectivity index (χ1) is 7.24. The van der Waals surface area contributed by atoms with Crippen LogP contribution >= 0.6 is 11.6 Å². The van der Waals surface area contributed by atoms with Crippen LogP contribution in [0, 0.1) is 11.8 Å². The Hall–Kier alpha value is -1.09. The molecule has 0 spiro atoms. The Labute approximate surface area is 92.8 Å². The van der Waals surface area contributed by atoms with Crippen LogP contribution in [-0.2, 0) is 11.2 Å². The zero-order valence-electron chi connectivity index (χ0n) is 8.11. The number of piperidine rings is 1. The minimum Gasteiger partial charge on any atom is -0.353 e. The lowest BCUT2D eigenvalue weighted by Gasteiger charge is -2.09. The van der Waals surface area contributed by atoms with Crippen molar-refractivity contribution in [3.8, 4) is 0 Å². The summed E-state index contributed by atoms with van der Waals surface area (Å²) in [6.45, 7) is 0. The van der Waals surface area contributed by atoms with E-state index in [0.717, 1.165) is 18.4 Å². The third-order valence-electron chi connectivity index (χ3n) is 3.27. The molecule has 1 aliphatic heterocycles. The first kappa shape index (κ1) is 9.16. The van der Waals surface area contributed by atoms with Crippen molar-refractivity contribution in [3.05, 3.63) is 29.0 Å². The van der Waals surface area contributed by atoms with Crippen LogP contribution in [0.15, 0.2) is 18.3 Å². The van der Waals surface area contributed by atoms with E-state index < -0.39 is 0 Å². The second kappa shape index (κ2) is 3.20. The molecule has 2 aliphatic rings. The summed E-state index contributed by atoms with van der Waals surface area (Å²) < 4.78 is 0. The average molecular weight is 223 g/mol. The summed E-state index contributed by atoms with van der Waals surface area (Å²) in [6.07, 6.45) is 3.69. The van der Waals surface area contributed by atoms with Crippen LogP contribution in [0.3, 0.4) is 0 Å². The van der Waals surface area contributed by atoms with E-state index in [2.05, 4.69) is 10.3 Å². The number of nitrogens with one attached hydrogen (secondary N) is 1. The van der Waals surface area contributed by atoms with Gasteiger partial charge in [0.25, 0.3) is 0 Å². The molecule has 1 N–H and O–H groups in total. The highest BCUT2D eigenvalue weighted by atomic mass is 35.5. The maximum absolute atomic E-state index is 11.5. The average Bonchev–Trinajstić information content (AvgIpc) is 2.90. The van der Waals surface area contributed by atoms with Gasteiger partial charge < -0.3 is 5.32 Å². The summed E-state index contributed by atoms with van der Waals surface area (Å²) in [6, 6.07) is 4.18. The molecule has 1 aromatic rings. The number of halogens is 1. The highest BCUT2D eigenvalue weighted by Crippen LogP contribution is 2.44. The number of aromatic nitrogens is 1. The molecule has 3 rings (SSSR count). The molecule has 3 nitrogen and oxygen atoms in total. The van der Waals surface area contributed by atoms with E-state index >= 15 is 0 Å². The highest BCUT2D eigenvalue weighted by Gasteiger charge is 2.52. The summed E-state index contributed by atoms with van der Waals surface area (Å²) in [4.78, 5) is 15.5. The van der Waals surface area contributed by atoms with Crippen LogP contribution in [0.5, 0.6) is 0 Å². The van der Waals surface area contributed by atoms with Gasteiger partial charge in [-0.1, -0.05) is 17.7 Å². The van der Waals surface area contributed by atoms with Gasteiger partial charge in [0.2, 0.25) is 5.91 Å². The third-order valence-corrected chi connectivity index (χ3v) is 3.49. The Balaban J connectivity index is 1.74. The molecule has 4 heteroatoms. The zero-order valence-corrected chi connectivity index (χ0v) is 8.87. The summed E-state index contributed by atoms with van der Waals surface area (Å²) >= 11 is 5.70. The maximum Gasteiger partial charge on any atom is 0.224 e. The van der Waals surface area contributed by atoms with Crippen molar-refractivity contribution in [1.82, 2.24) is 10.3 Å². The van der Waals surface area contributed by atoms with Crippen LogP contribution in [-0.4, -0.2) is 16.9 Å². The molecule has 1 saturated carbocycles. The number of pyridine rings is 1. The van der Waals surface area contributed by atoms with E-state index in [1.165, 1.54) is 0 Å². The Morgan fingerprint density at radius 3 is 3.00 bits per heavy atom. The quantitative estimate of drug-likeness (QED) is 0.769. The number of hydrogen-bond acceptors (Lipinski definition) is 2. The Morgan fingerprint density at radius 2 is 2.40 bits per heavy atom. The molecule has 1 aromatic heterocycles. The number of amides is 1. The fraction of sp³-hybridized carbons (Fsp3) is 0.455. The van der Waals surface area contributed by atoms with Gasteiger partial charge in [-0.05, 0) is 30.4 Å². The second-order valence-corrected chi connectivity index (χ2v) is 4.70. The predicted molar refractivity (Wildman–Crippen MR) is 56.5 cm³/mol. The molecule has 78 valence electrons. The van der Waals surface area contributed by atoms with E-state index in [0.29, 0.717) is 17.1 Å². The molecule has 2 heterocycles. The fourth-order valence-corrected chi connectivity index (χ4v) is 2.45. The van der Waals surface area contributed by atoms with Crippen LogP contribution in [0.25, 0.3) is 0 Å². The monoisotopic (exact) mass is 222 g/mol. The Kier molecular flexibility index (Phi) is 1.96. The van der Waals surface area contributed by atoms with Crippen LogP contribution in [0.2, 0.25) is 5.15 Å². The van der Waals surface area contributed by atoms with Crippen LogP contribution < -0.4 is 5.32 Å². The lowest BCUT2D eigenvalue weighted by atomic mass is 9.96.